The number of nitrogens with one attached hydrogen (secondary N) is 2. The van der Waals surface area contributed by atoms with Gasteiger partial charge in [-0.15, -0.1) is 13.2 Å². The van der Waals surface area contributed by atoms with Crippen molar-refractivity contribution in [2.45, 2.75) is 13.3 Å². The predicted octanol–water partition coefficient (Wildman–Crippen LogP) is 4.34. The zero-order valence-corrected chi connectivity index (χ0v) is 14.2. The number of anilines is 1. The third kappa shape index (κ3) is 4.63. The average Bonchev–Trinajstić information content (AvgIpc) is 2.61. The summed E-state index contributed by atoms with van der Waals surface area (Å²) >= 11 is 0. The van der Waals surface area contributed by atoms with E-state index in [1.807, 2.05) is 0 Å². The Balaban J connectivity index is 2.01. The molecule has 3 aromatic rings. The van der Waals surface area contributed by atoms with E-state index in [-0.39, 0.29) is 11.6 Å². The SMILES string of the molecule is CCNC(=O)Nc1nc2cccnc2cc1-c1ccc(OC(F)(F)F)cc1. The highest BCUT2D eigenvalue weighted by Crippen LogP contribution is 2.31. The molecular weight excluding hydrogens is 361 g/mol. The van der Waals surface area contributed by atoms with Crippen LogP contribution in [0.5, 0.6) is 5.75 Å². The van der Waals surface area contributed by atoms with Gasteiger partial charge in [0.25, 0.3) is 0 Å². The Labute approximate surface area is 152 Å². The van der Waals surface area contributed by atoms with Crippen molar-refractivity contribution in [2.75, 3.05) is 11.9 Å². The number of hydrogen-bond donors (Lipinski definition) is 2. The number of urea groups is 1. The molecule has 2 aromatic heterocycles. The Morgan fingerprint density at radius 1 is 1.15 bits per heavy atom. The van der Waals surface area contributed by atoms with Crippen molar-refractivity contribution in [3.8, 4) is 16.9 Å². The lowest BCUT2D eigenvalue weighted by Crippen LogP contribution is -2.28. The topological polar surface area (TPSA) is 76.1 Å². The number of carbonyl (C=O) groups is 1. The highest BCUT2D eigenvalue weighted by atomic mass is 19.4. The van der Waals surface area contributed by atoms with Crippen molar-refractivity contribution in [3.05, 3.63) is 48.7 Å². The number of amides is 2. The summed E-state index contributed by atoms with van der Waals surface area (Å²) in [4.78, 5) is 20.6. The number of hydrogen-bond acceptors (Lipinski definition) is 4. The van der Waals surface area contributed by atoms with Crippen LogP contribution in [0.1, 0.15) is 6.92 Å². The summed E-state index contributed by atoms with van der Waals surface area (Å²) in [6.45, 7) is 2.21. The molecule has 0 atom stereocenters. The molecule has 2 N–H and O–H groups in total. The largest absolute Gasteiger partial charge is 0.573 e. The van der Waals surface area contributed by atoms with Gasteiger partial charge in [0.2, 0.25) is 0 Å². The fourth-order valence-corrected chi connectivity index (χ4v) is 2.46. The standard InChI is InChI=1S/C18H15F3N4O2/c1-2-22-17(26)25-16-13(10-15-14(24-16)4-3-9-23-15)11-5-7-12(8-6-11)27-18(19,20)21/h3-10H,2H2,1H3,(H2,22,24,25,26). The van der Waals surface area contributed by atoms with Crippen molar-refractivity contribution < 1.29 is 22.7 Å². The van der Waals surface area contributed by atoms with Crippen LogP contribution in [-0.2, 0) is 0 Å². The molecule has 0 saturated heterocycles. The Kier molecular flexibility index (Phi) is 5.11. The van der Waals surface area contributed by atoms with Crippen molar-refractivity contribution in [3.63, 3.8) is 0 Å². The number of aromatic nitrogens is 2. The zero-order chi connectivity index (χ0) is 19.4. The van der Waals surface area contributed by atoms with Crippen LogP contribution < -0.4 is 15.4 Å². The van der Waals surface area contributed by atoms with Gasteiger partial charge in [0.15, 0.2) is 0 Å². The van der Waals surface area contributed by atoms with Gasteiger partial charge in [0.1, 0.15) is 11.6 Å². The third-order valence-electron chi connectivity index (χ3n) is 3.55. The number of rotatable bonds is 4. The van der Waals surface area contributed by atoms with E-state index in [1.165, 1.54) is 24.3 Å². The molecule has 0 aliphatic carbocycles. The number of benzene rings is 1. The molecule has 0 bridgehead atoms. The summed E-state index contributed by atoms with van der Waals surface area (Å²) in [6.07, 6.45) is -3.16. The molecule has 0 saturated carbocycles. The van der Waals surface area contributed by atoms with E-state index in [1.54, 1.807) is 31.3 Å². The Morgan fingerprint density at radius 2 is 1.89 bits per heavy atom. The van der Waals surface area contributed by atoms with Crippen LogP contribution in [0.3, 0.4) is 0 Å². The second-order valence-corrected chi connectivity index (χ2v) is 5.48. The fourth-order valence-electron chi connectivity index (χ4n) is 2.46. The summed E-state index contributed by atoms with van der Waals surface area (Å²) in [6, 6.07) is 10.0. The van der Waals surface area contributed by atoms with Crippen LogP contribution in [0.25, 0.3) is 22.2 Å². The van der Waals surface area contributed by atoms with Crippen LogP contribution >= 0.6 is 0 Å². The number of ether oxygens (including phenoxy) is 1. The molecule has 3 rings (SSSR count). The molecule has 9 heteroatoms. The smallest absolute Gasteiger partial charge is 0.406 e. The molecule has 27 heavy (non-hydrogen) atoms. The maximum atomic E-state index is 12.3. The first-order valence-corrected chi connectivity index (χ1v) is 8.02. The maximum Gasteiger partial charge on any atom is 0.573 e. The average molecular weight is 376 g/mol. The Bertz CT molecular complexity index is 959. The Morgan fingerprint density at radius 3 is 2.56 bits per heavy atom. The lowest BCUT2D eigenvalue weighted by molar-refractivity contribution is -0.274. The van der Waals surface area contributed by atoms with Gasteiger partial charge in [0, 0.05) is 18.3 Å². The molecule has 2 heterocycles. The molecule has 0 unspecified atom stereocenters. The minimum atomic E-state index is -4.76. The van der Waals surface area contributed by atoms with Crippen molar-refractivity contribution in [2.24, 2.45) is 0 Å². The van der Waals surface area contributed by atoms with Gasteiger partial charge in [-0.05, 0) is 42.8 Å². The van der Waals surface area contributed by atoms with Gasteiger partial charge >= 0.3 is 12.4 Å². The molecule has 0 radical (unpaired) electrons. The number of nitrogens with zero attached hydrogens (tertiary/aromatic N) is 2. The Hall–Kier alpha value is -3.36. The fraction of sp³-hybridized carbons (Fsp3) is 0.167. The molecule has 2 amide bonds. The lowest BCUT2D eigenvalue weighted by atomic mass is 10.1. The molecular formula is C18H15F3N4O2. The first-order chi connectivity index (χ1) is 12.9. The van der Waals surface area contributed by atoms with Gasteiger partial charge in [-0.25, -0.2) is 9.78 Å². The minimum absolute atomic E-state index is 0.269. The quantitative estimate of drug-likeness (QED) is 0.710. The van der Waals surface area contributed by atoms with E-state index in [4.69, 9.17) is 0 Å². The normalized spacial score (nSPS) is 11.3. The summed E-state index contributed by atoms with van der Waals surface area (Å²) < 4.78 is 40.9. The van der Waals surface area contributed by atoms with Crippen LogP contribution in [0.2, 0.25) is 0 Å². The minimum Gasteiger partial charge on any atom is -0.406 e. The summed E-state index contributed by atoms with van der Waals surface area (Å²) in [5.74, 6) is -0.0673. The highest BCUT2D eigenvalue weighted by Gasteiger charge is 2.31. The van der Waals surface area contributed by atoms with E-state index in [0.29, 0.717) is 28.7 Å². The van der Waals surface area contributed by atoms with Crippen LogP contribution in [-0.4, -0.2) is 28.9 Å². The number of halogens is 3. The first-order valence-electron chi connectivity index (χ1n) is 8.02. The van der Waals surface area contributed by atoms with Crippen molar-refractivity contribution in [1.29, 1.82) is 0 Å². The summed E-state index contributed by atoms with van der Waals surface area (Å²) in [5.41, 5.74) is 2.23. The third-order valence-corrected chi connectivity index (χ3v) is 3.55. The van der Waals surface area contributed by atoms with Crippen molar-refractivity contribution in [1.82, 2.24) is 15.3 Å². The molecule has 0 spiro atoms. The first kappa shape index (κ1) is 18.4. The van der Waals surface area contributed by atoms with Crippen molar-refractivity contribution >= 4 is 22.9 Å². The van der Waals surface area contributed by atoms with Gasteiger partial charge in [0.05, 0.1) is 11.0 Å². The number of carbonyl (C=O) groups excluding carboxylic acids is 1. The van der Waals surface area contributed by atoms with Crippen LogP contribution in [0.15, 0.2) is 48.7 Å². The van der Waals surface area contributed by atoms with E-state index in [0.717, 1.165) is 0 Å². The molecule has 140 valence electrons. The monoisotopic (exact) mass is 376 g/mol. The number of alkyl halides is 3. The van der Waals surface area contributed by atoms with Crippen LogP contribution in [0, 0.1) is 0 Å². The highest BCUT2D eigenvalue weighted by molar-refractivity contribution is 5.96. The molecule has 0 aliphatic heterocycles. The van der Waals surface area contributed by atoms with Gasteiger partial charge < -0.3 is 10.1 Å². The molecule has 1 aromatic carbocycles. The maximum absolute atomic E-state index is 12.3. The zero-order valence-electron chi connectivity index (χ0n) is 14.2. The number of pyridine rings is 2. The van der Waals surface area contributed by atoms with E-state index in [9.17, 15) is 18.0 Å². The molecule has 6 nitrogen and oxygen atoms in total. The van der Waals surface area contributed by atoms with Gasteiger partial charge in [-0.1, -0.05) is 12.1 Å². The molecule has 0 fully saturated rings. The summed E-state index contributed by atoms with van der Waals surface area (Å²) in [7, 11) is 0. The second kappa shape index (κ2) is 7.48. The summed E-state index contributed by atoms with van der Waals surface area (Å²) in [5, 5.41) is 5.26. The molecule has 0 aliphatic rings. The number of fused-ring (bicyclic) bond motifs is 1. The predicted molar refractivity (Wildman–Crippen MR) is 94.4 cm³/mol. The van der Waals surface area contributed by atoms with Crippen LogP contribution in [0.4, 0.5) is 23.8 Å². The lowest BCUT2D eigenvalue weighted by Gasteiger charge is -2.13. The second-order valence-electron chi connectivity index (χ2n) is 5.48. The van der Waals surface area contributed by atoms with E-state index >= 15 is 0 Å². The van der Waals surface area contributed by atoms with E-state index in [2.05, 4.69) is 25.3 Å². The van der Waals surface area contributed by atoms with Gasteiger partial charge in [-0.2, -0.15) is 0 Å². The van der Waals surface area contributed by atoms with Gasteiger partial charge in [-0.3, -0.25) is 10.3 Å². The van der Waals surface area contributed by atoms with E-state index < -0.39 is 12.4 Å².